The van der Waals surface area contributed by atoms with Gasteiger partial charge >= 0.3 is 5.97 Å². The average molecular weight is 276 g/mol. The van der Waals surface area contributed by atoms with Crippen LogP contribution in [-0.4, -0.2) is 16.1 Å². The van der Waals surface area contributed by atoms with E-state index in [0.717, 1.165) is 11.4 Å². The molecule has 0 bridgehead atoms. The number of thiazole rings is 1. The number of hydrogen-bond donors (Lipinski definition) is 2. The van der Waals surface area contributed by atoms with Crippen molar-refractivity contribution in [3.05, 3.63) is 45.9 Å². The fourth-order valence-corrected chi connectivity index (χ4v) is 2.64. The highest BCUT2D eigenvalue weighted by atomic mass is 32.1. The zero-order valence-electron chi connectivity index (χ0n) is 10.9. The molecule has 1 heterocycles. The van der Waals surface area contributed by atoms with Gasteiger partial charge in [-0.1, -0.05) is 19.1 Å². The third-order valence-corrected chi connectivity index (χ3v) is 4.14. The topological polar surface area (TPSA) is 62.2 Å². The average Bonchev–Trinajstić information content (AvgIpc) is 2.88. The van der Waals surface area contributed by atoms with Gasteiger partial charge in [0.1, 0.15) is 5.01 Å². The molecular weight excluding hydrogens is 260 g/mol. The lowest BCUT2D eigenvalue weighted by Gasteiger charge is -2.14. The maximum absolute atomic E-state index is 11.1. The van der Waals surface area contributed by atoms with Crippen LogP contribution < -0.4 is 5.32 Å². The Morgan fingerprint density at radius 3 is 2.84 bits per heavy atom. The molecule has 0 saturated heterocycles. The largest absolute Gasteiger partial charge is 0.478 e. The number of rotatable bonds is 5. The summed E-state index contributed by atoms with van der Waals surface area (Å²) in [6.45, 7) is 4.08. The minimum absolute atomic E-state index is 0.00852. The van der Waals surface area contributed by atoms with Gasteiger partial charge in [0.25, 0.3) is 0 Å². The molecule has 2 rings (SSSR count). The lowest BCUT2D eigenvalue weighted by atomic mass is 10.1. The SMILES string of the molecule is CCc1cnc(C(C)Nc2ccccc2C(=O)O)s1. The molecule has 19 heavy (non-hydrogen) atoms. The zero-order valence-corrected chi connectivity index (χ0v) is 11.7. The van der Waals surface area contributed by atoms with Gasteiger partial charge in [0.2, 0.25) is 0 Å². The number of carboxylic acids is 1. The summed E-state index contributed by atoms with van der Waals surface area (Å²) in [7, 11) is 0. The van der Waals surface area contributed by atoms with Gasteiger partial charge in [0.05, 0.1) is 11.6 Å². The number of carbonyl (C=O) groups is 1. The molecular formula is C14H16N2O2S. The minimum atomic E-state index is -0.927. The lowest BCUT2D eigenvalue weighted by Crippen LogP contribution is -2.10. The van der Waals surface area contributed by atoms with Gasteiger partial charge in [-0.05, 0) is 25.5 Å². The Hall–Kier alpha value is -1.88. The van der Waals surface area contributed by atoms with Crippen LogP contribution in [0.15, 0.2) is 30.5 Å². The van der Waals surface area contributed by atoms with Gasteiger partial charge in [-0.3, -0.25) is 0 Å². The standard InChI is InChI=1S/C14H16N2O2S/c1-3-10-8-15-13(19-10)9(2)16-12-7-5-4-6-11(12)14(17)18/h4-9,16H,3H2,1-2H3,(H,17,18). The van der Waals surface area contributed by atoms with Crippen LogP contribution in [0.25, 0.3) is 0 Å². The summed E-state index contributed by atoms with van der Waals surface area (Å²) in [4.78, 5) is 16.7. The molecule has 0 aliphatic rings. The molecule has 1 unspecified atom stereocenters. The maximum Gasteiger partial charge on any atom is 0.337 e. The Morgan fingerprint density at radius 2 is 2.21 bits per heavy atom. The number of nitrogens with zero attached hydrogens (tertiary/aromatic N) is 1. The summed E-state index contributed by atoms with van der Waals surface area (Å²) in [5.41, 5.74) is 0.900. The van der Waals surface area contributed by atoms with Crippen molar-refractivity contribution < 1.29 is 9.90 Å². The molecule has 0 amide bonds. The quantitative estimate of drug-likeness (QED) is 0.876. The van der Waals surface area contributed by atoms with E-state index in [1.165, 1.54) is 4.88 Å². The minimum Gasteiger partial charge on any atom is -0.478 e. The van der Waals surface area contributed by atoms with Crippen molar-refractivity contribution in [2.45, 2.75) is 26.3 Å². The molecule has 0 saturated carbocycles. The Kier molecular flexibility index (Phi) is 4.16. The highest BCUT2D eigenvalue weighted by Gasteiger charge is 2.14. The van der Waals surface area contributed by atoms with Gasteiger partial charge in [0.15, 0.2) is 0 Å². The van der Waals surface area contributed by atoms with Crippen LogP contribution in [0.2, 0.25) is 0 Å². The fourth-order valence-electron chi connectivity index (χ4n) is 1.78. The predicted molar refractivity (Wildman–Crippen MR) is 76.9 cm³/mol. The molecule has 2 N–H and O–H groups in total. The van der Waals surface area contributed by atoms with Crippen molar-refractivity contribution in [2.24, 2.45) is 0 Å². The number of carboxylic acid groups (broad SMARTS) is 1. The fraction of sp³-hybridized carbons (Fsp3) is 0.286. The summed E-state index contributed by atoms with van der Waals surface area (Å²) in [6.07, 6.45) is 2.84. The summed E-state index contributed by atoms with van der Waals surface area (Å²) in [5, 5.41) is 13.3. The third-order valence-electron chi connectivity index (χ3n) is 2.82. The molecule has 0 fully saturated rings. The van der Waals surface area contributed by atoms with Crippen molar-refractivity contribution in [2.75, 3.05) is 5.32 Å². The lowest BCUT2D eigenvalue weighted by molar-refractivity contribution is 0.0698. The number of hydrogen-bond acceptors (Lipinski definition) is 4. The number of anilines is 1. The molecule has 0 spiro atoms. The summed E-state index contributed by atoms with van der Waals surface area (Å²) >= 11 is 1.65. The van der Waals surface area contributed by atoms with E-state index >= 15 is 0 Å². The van der Waals surface area contributed by atoms with Crippen LogP contribution in [0.1, 0.15) is 40.1 Å². The van der Waals surface area contributed by atoms with Crippen LogP contribution in [0.3, 0.4) is 0 Å². The number of benzene rings is 1. The molecule has 100 valence electrons. The Balaban J connectivity index is 2.19. The van der Waals surface area contributed by atoms with E-state index in [-0.39, 0.29) is 11.6 Å². The van der Waals surface area contributed by atoms with Crippen molar-refractivity contribution in [3.8, 4) is 0 Å². The normalized spacial score (nSPS) is 12.1. The van der Waals surface area contributed by atoms with Crippen LogP contribution in [-0.2, 0) is 6.42 Å². The zero-order chi connectivity index (χ0) is 13.8. The second-order valence-electron chi connectivity index (χ2n) is 4.24. The van der Waals surface area contributed by atoms with E-state index in [1.807, 2.05) is 19.2 Å². The van der Waals surface area contributed by atoms with E-state index in [9.17, 15) is 4.79 Å². The number of nitrogens with one attached hydrogen (secondary N) is 1. The highest BCUT2D eigenvalue weighted by Crippen LogP contribution is 2.25. The molecule has 1 aromatic heterocycles. The van der Waals surface area contributed by atoms with Crippen molar-refractivity contribution in [1.82, 2.24) is 4.98 Å². The van der Waals surface area contributed by atoms with Crippen LogP contribution in [0.4, 0.5) is 5.69 Å². The van der Waals surface area contributed by atoms with Gasteiger partial charge in [0, 0.05) is 16.8 Å². The predicted octanol–water partition coefficient (Wildman–Crippen LogP) is 3.58. The second-order valence-corrected chi connectivity index (χ2v) is 5.38. The molecule has 0 radical (unpaired) electrons. The summed E-state index contributed by atoms with van der Waals surface area (Å²) in [5.74, 6) is -0.927. The molecule has 4 nitrogen and oxygen atoms in total. The monoisotopic (exact) mass is 276 g/mol. The van der Waals surface area contributed by atoms with Crippen LogP contribution in [0, 0.1) is 0 Å². The summed E-state index contributed by atoms with van der Waals surface area (Å²) in [6, 6.07) is 6.90. The first-order valence-corrected chi connectivity index (χ1v) is 6.97. The number of para-hydroxylation sites is 1. The van der Waals surface area contributed by atoms with Gasteiger partial charge in [-0.25, -0.2) is 9.78 Å². The van der Waals surface area contributed by atoms with Crippen molar-refractivity contribution >= 4 is 23.0 Å². The Labute approximate surface area is 116 Å². The summed E-state index contributed by atoms with van der Waals surface area (Å²) < 4.78 is 0. The first-order valence-electron chi connectivity index (χ1n) is 6.15. The molecule has 1 aromatic carbocycles. The van der Waals surface area contributed by atoms with Crippen LogP contribution >= 0.6 is 11.3 Å². The molecule has 2 aromatic rings. The van der Waals surface area contributed by atoms with E-state index in [2.05, 4.69) is 17.2 Å². The molecule has 0 aliphatic heterocycles. The van der Waals surface area contributed by atoms with E-state index in [0.29, 0.717) is 5.69 Å². The van der Waals surface area contributed by atoms with Gasteiger partial charge < -0.3 is 10.4 Å². The highest BCUT2D eigenvalue weighted by molar-refractivity contribution is 7.11. The van der Waals surface area contributed by atoms with E-state index in [1.54, 1.807) is 29.5 Å². The van der Waals surface area contributed by atoms with Gasteiger partial charge in [-0.2, -0.15) is 0 Å². The molecule has 5 heteroatoms. The molecule has 0 aliphatic carbocycles. The molecule has 1 atom stereocenters. The first kappa shape index (κ1) is 13.5. The number of aromatic carboxylic acids is 1. The van der Waals surface area contributed by atoms with Gasteiger partial charge in [-0.15, -0.1) is 11.3 Å². The number of aromatic nitrogens is 1. The Morgan fingerprint density at radius 1 is 1.47 bits per heavy atom. The number of aryl methyl sites for hydroxylation is 1. The third kappa shape index (κ3) is 3.12. The first-order chi connectivity index (χ1) is 9.11. The van der Waals surface area contributed by atoms with Crippen molar-refractivity contribution in [3.63, 3.8) is 0 Å². The van der Waals surface area contributed by atoms with E-state index in [4.69, 9.17) is 5.11 Å². The smallest absolute Gasteiger partial charge is 0.337 e. The van der Waals surface area contributed by atoms with Crippen molar-refractivity contribution in [1.29, 1.82) is 0 Å². The Bertz CT molecular complexity index is 580. The second kappa shape index (κ2) is 5.84. The maximum atomic E-state index is 11.1. The van der Waals surface area contributed by atoms with E-state index < -0.39 is 5.97 Å². The van der Waals surface area contributed by atoms with Crippen LogP contribution in [0.5, 0.6) is 0 Å².